The van der Waals surface area contributed by atoms with Crippen LogP contribution in [-0.4, -0.2) is 25.0 Å². The molecule has 0 aliphatic heterocycles. The van der Waals surface area contributed by atoms with Crippen LogP contribution < -0.4 is 9.47 Å². The van der Waals surface area contributed by atoms with Crippen molar-refractivity contribution in [1.82, 2.24) is 0 Å². The first-order chi connectivity index (χ1) is 18.9. The Labute approximate surface area is 234 Å². The number of hydrogen-bond acceptors (Lipinski definition) is 7. The zero-order chi connectivity index (χ0) is 27.9. The number of carbonyl (C=O) groups excluding carboxylic acids is 3. The highest BCUT2D eigenvalue weighted by molar-refractivity contribution is 7.80. The Balaban J connectivity index is 0.000000449. The second-order valence-electron chi connectivity index (χ2n) is 8.86. The van der Waals surface area contributed by atoms with Crippen LogP contribution in [0.25, 0.3) is 10.8 Å². The molecule has 0 aliphatic rings. The van der Waals surface area contributed by atoms with Gasteiger partial charge in [0.1, 0.15) is 11.5 Å². The van der Waals surface area contributed by atoms with Crippen molar-refractivity contribution in [2.75, 3.05) is 6.61 Å². The summed E-state index contributed by atoms with van der Waals surface area (Å²) in [7, 11) is 0. The van der Waals surface area contributed by atoms with Gasteiger partial charge in [-0.1, -0.05) is 60.9 Å². The zero-order valence-electron chi connectivity index (χ0n) is 21.9. The maximum absolute atomic E-state index is 12.4. The third-order valence-electron chi connectivity index (χ3n) is 5.75. The third-order valence-corrected chi connectivity index (χ3v) is 6.05. The van der Waals surface area contributed by atoms with Crippen LogP contribution in [-0.2, 0) is 14.3 Å². The van der Waals surface area contributed by atoms with Crippen LogP contribution in [0.4, 0.5) is 0 Å². The van der Waals surface area contributed by atoms with Crippen molar-refractivity contribution in [3.05, 3.63) is 102 Å². The summed E-state index contributed by atoms with van der Waals surface area (Å²) in [6.07, 6.45) is 3.53. The van der Waals surface area contributed by atoms with Crippen LogP contribution >= 0.6 is 12.6 Å². The van der Waals surface area contributed by atoms with E-state index in [4.69, 9.17) is 9.47 Å². The van der Waals surface area contributed by atoms with Crippen LogP contribution in [0.3, 0.4) is 0 Å². The van der Waals surface area contributed by atoms with E-state index >= 15 is 0 Å². The standard InChI is InChI=1S/C25H24O6.C7H8S/c26-18-29-16-6-2-1-3-9-24(27)30-22-13-11-20(12-14-22)25(28)31-23-15-10-19-7-4-5-8-21(19)17-23;1-6-2-4-7(8)5-3-6/h4-5,7-8,10-15,17-18H,1-3,6,9,16H2;2-5,8H,1H3. The summed E-state index contributed by atoms with van der Waals surface area (Å²) >= 11 is 4.13. The van der Waals surface area contributed by atoms with Crippen molar-refractivity contribution in [3.8, 4) is 11.5 Å². The lowest BCUT2D eigenvalue weighted by Gasteiger charge is -2.07. The van der Waals surface area contributed by atoms with E-state index in [0.717, 1.165) is 34.9 Å². The summed E-state index contributed by atoms with van der Waals surface area (Å²) in [5.74, 6) is 0.0471. The quantitative estimate of drug-likeness (QED) is 0.0698. The predicted molar refractivity (Wildman–Crippen MR) is 155 cm³/mol. The number of rotatable bonds is 11. The number of ether oxygens (including phenoxy) is 3. The van der Waals surface area contributed by atoms with Crippen molar-refractivity contribution in [3.63, 3.8) is 0 Å². The van der Waals surface area contributed by atoms with Gasteiger partial charge in [-0.25, -0.2) is 4.79 Å². The molecule has 39 heavy (non-hydrogen) atoms. The molecule has 0 saturated heterocycles. The molecule has 0 bridgehead atoms. The highest BCUT2D eigenvalue weighted by Gasteiger charge is 2.11. The van der Waals surface area contributed by atoms with Gasteiger partial charge in [0.15, 0.2) is 0 Å². The number of unbranched alkanes of at least 4 members (excludes halogenated alkanes) is 3. The summed E-state index contributed by atoms with van der Waals surface area (Å²) < 4.78 is 15.4. The predicted octanol–water partition coefficient (Wildman–Crippen LogP) is 7.37. The molecule has 0 N–H and O–H groups in total. The Kier molecular flexibility index (Phi) is 12.1. The van der Waals surface area contributed by atoms with Crippen molar-refractivity contribution in [1.29, 1.82) is 0 Å². The molecule has 0 aromatic heterocycles. The van der Waals surface area contributed by atoms with Gasteiger partial charge in [0, 0.05) is 11.3 Å². The van der Waals surface area contributed by atoms with Gasteiger partial charge in [-0.3, -0.25) is 9.59 Å². The molecule has 0 radical (unpaired) electrons. The molecule has 7 heteroatoms. The summed E-state index contributed by atoms with van der Waals surface area (Å²) in [5.41, 5.74) is 1.65. The Bertz CT molecular complexity index is 1330. The zero-order valence-corrected chi connectivity index (χ0v) is 22.8. The molecule has 0 amide bonds. The lowest BCUT2D eigenvalue weighted by atomic mass is 10.1. The van der Waals surface area contributed by atoms with Gasteiger partial charge in [0.05, 0.1) is 12.2 Å². The number of esters is 2. The molecule has 0 unspecified atom stereocenters. The normalized spacial score (nSPS) is 10.2. The Morgan fingerprint density at radius 3 is 2.10 bits per heavy atom. The second-order valence-corrected chi connectivity index (χ2v) is 9.38. The molecular weight excluding hydrogens is 512 g/mol. The van der Waals surface area contributed by atoms with E-state index in [0.29, 0.717) is 43.0 Å². The van der Waals surface area contributed by atoms with Crippen LogP contribution in [0.15, 0.2) is 95.9 Å². The smallest absolute Gasteiger partial charge is 0.343 e. The van der Waals surface area contributed by atoms with E-state index in [-0.39, 0.29) is 5.97 Å². The van der Waals surface area contributed by atoms with Crippen LogP contribution in [0.2, 0.25) is 0 Å². The van der Waals surface area contributed by atoms with Gasteiger partial charge in [-0.2, -0.15) is 0 Å². The molecule has 0 atom stereocenters. The van der Waals surface area contributed by atoms with Gasteiger partial charge in [0.2, 0.25) is 0 Å². The van der Waals surface area contributed by atoms with Gasteiger partial charge in [-0.05, 0) is 79.1 Å². The van der Waals surface area contributed by atoms with Gasteiger partial charge in [-0.15, -0.1) is 12.6 Å². The molecule has 4 rings (SSSR count). The van der Waals surface area contributed by atoms with Gasteiger partial charge in [0.25, 0.3) is 6.47 Å². The Morgan fingerprint density at radius 2 is 1.41 bits per heavy atom. The number of fused-ring (bicyclic) bond motifs is 1. The minimum Gasteiger partial charge on any atom is -0.468 e. The lowest BCUT2D eigenvalue weighted by Crippen LogP contribution is -2.10. The summed E-state index contributed by atoms with van der Waals surface area (Å²) in [6, 6.07) is 27.7. The molecule has 6 nitrogen and oxygen atoms in total. The molecule has 4 aromatic rings. The molecule has 0 spiro atoms. The van der Waals surface area contributed by atoms with Crippen molar-refractivity contribution < 1.29 is 28.6 Å². The molecular formula is C32H32O6S. The van der Waals surface area contributed by atoms with Gasteiger partial charge < -0.3 is 14.2 Å². The Hall–Kier alpha value is -4.10. The number of thiol groups is 1. The van der Waals surface area contributed by atoms with E-state index in [1.807, 2.05) is 60.7 Å². The van der Waals surface area contributed by atoms with E-state index in [1.54, 1.807) is 30.3 Å². The Morgan fingerprint density at radius 1 is 0.744 bits per heavy atom. The first-order valence-electron chi connectivity index (χ1n) is 12.8. The highest BCUT2D eigenvalue weighted by Crippen LogP contribution is 2.22. The maximum atomic E-state index is 12.4. The first kappa shape index (κ1) is 29.5. The van der Waals surface area contributed by atoms with E-state index in [1.165, 1.54) is 5.56 Å². The average Bonchev–Trinajstić information content (AvgIpc) is 2.95. The van der Waals surface area contributed by atoms with Crippen molar-refractivity contribution in [2.45, 2.75) is 43.9 Å². The summed E-state index contributed by atoms with van der Waals surface area (Å²) in [5, 5.41) is 2.06. The average molecular weight is 545 g/mol. The van der Waals surface area contributed by atoms with E-state index in [9.17, 15) is 14.4 Å². The topological polar surface area (TPSA) is 78.9 Å². The van der Waals surface area contributed by atoms with Crippen molar-refractivity contribution >= 4 is 41.8 Å². The van der Waals surface area contributed by atoms with Crippen LogP contribution in [0, 0.1) is 6.92 Å². The lowest BCUT2D eigenvalue weighted by molar-refractivity contribution is -0.134. The number of aryl methyl sites for hydroxylation is 1. The molecule has 202 valence electrons. The van der Waals surface area contributed by atoms with Gasteiger partial charge >= 0.3 is 11.9 Å². The fraction of sp³-hybridized carbons (Fsp3) is 0.219. The molecule has 0 heterocycles. The van der Waals surface area contributed by atoms with E-state index < -0.39 is 5.97 Å². The molecule has 4 aromatic carbocycles. The monoisotopic (exact) mass is 544 g/mol. The fourth-order valence-corrected chi connectivity index (χ4v) is 3.79. The van der Waals surface area contributed by atoms with E-state index in [2.05, 4.69) is 24.3 Å². The first-order valence-corrected chi connectivity index (χ1v) is 13.2. The number of carbonyl (C=O) groups is 3. The molecule has 0 saturated carbocycles. The van der Waals surface area contributed by atoms with Crippen molar-refractivity contribution in [2.24, 2.45) is 0 Å². The minimum atomic E-state index is -0.480. The SMILES string of the molecule is Cc1ccc(S)cc1.O=COCCCCCCC(=O)Oc1ccc(C(=O)Oc2ccc3ccccc3c2)cc1. The fourth-order valence-electron chi connectivity index (χ4n) is 3.64. The number of benzene rings is 4. The largest absolute Gasteiger partial charge is 0.468 e. The second kappa shape index (κ2) is 16.0. The van der Waals surface area contributed by atoms with Crippen LogP contribution in [0.1, 0.15) is 48.0 Å². The third kappa shape index (κ3) is 10.7. The maximum Gasteiger partial charge on any atom is 0.343 e. The minimum absolute atomic E-state index is 0.306. The molecule has 0 fully saturated rings. The summed E-state index contributed by atoms with van der Waals surface area (Å²) in [4.78, 5) is 35.4. The summed E-state index contributed by atoms with van der Waals surface area (Å²) in [6.45, 7) is 2.91. The number of hydrogen-bond donors (Lipinski definition) is 1. The molecule has 0 aliphatic carbocycles. The van der Waals surface area contributed by atoms with Crippen LogP contribution in [0.5, 0.6) is 11.5 Å². The highest BCUT2D eigenvalue weighted by atomic mass is 32.1.